The second-order valence-corrected chi connectivity index (χ2v) is 13.5. The topological polar surface area (TPSA) is 214 Å². The van der Waals surface area contributed by atoms with E-state index in [0.29, 0.717) is 27.5 Å². The van der Waals surface area contributed by atoms with E-state index in [2.05, 4.69) is 5.32 Å². The number of hydrogen-bond donors (Lipinski definition) is 7. The van der Waals surface area contributed by atoms with Crippen LogP contribution in [0.4, 0.5) is 0 Å². The van der Waals surface area contributed by atoms with Gasteiger partial charge in [0.25, 0.3) is 0 Å². The van der Waals surface area contributed by atoms with Crippen molar-refractivity contribution >= 4 is 29.4 Å². The van der Waals surface area contributed by atoms with Gasteiger partial charge in [-0.1, -0.05) is 48.0 Å². The molecule has 15 heteroatoms. The Morgan fingerprint density at radius 1 is 0.868 bits per heavy atom. The number of hydrogen-bond acceptors (Lipinski definition) is 13. The van der Waals surface area contributed by atoms with Crippen LogP contribution in [0.25, 0.3) is 6.08 Å². The van der Waals surface area contributed by atoms with E-state index < -0.39 is 67.1 Å². The minimum Gasteiger partial charge on any atom is -0.504 e. The molecule has 6 rings (SSSR count). The van der Waals surface area contributed by atoms with Gasteiger partial charge in [0.05, 0.1) is 11.6 Å². The van der Waals surface area contributed by atoms with E-state index in [9.17, 15) is 40.2 Å². The Labute approximate surface area is 309 Å². The van der Waals surface area contributed by atoms with Crippen LogP contribution in [-0.2, 0) is 19.0 Å². The van der Waals surface area contributed by atoms with Gasteiger partial charge in [0, 0.05) is 16.2 Å². The maximum atomic E-state index is 13.1. The first-order valence-corrected chi connectivity index (χ1v) is 17.2. The standard InChI is InChI=1S/C38H40ClNO13/c1-18(12-13-49-25-11-9-22(39)16-23(25)28(42)21-6-4-3-5-7-21)34-32(46)33(47)38(53-34)52-26-10-8-20(15-24(26)41)14-19(2)37(48)40-27-29(43)31(45)36-35(30(27)44)50-17-51-36/h3-12,14-16,27,29-36,38,41,43-47H,13,17H2,1-2H3,(H,40,48)/t27-,29+,30-,31-,32+,33+,34-,35+,36-,38-/m1/s1. The molecule has 3 aliphatic rings. The van der Waals surface area contributed by atoms with Gasteiger partial charge in [-0.2, -0.15) is 0 Å². The molecule has 0 spiro atoms. The third-order valence-corrected chi connectivity index (χ3v) is 9.64. The van der Waals surface area contributed by atoms with Gasteiger partial charge in [-0.25, -0.2) is 0 Å². The molecule has 0 radical (unpaired) electrons. The number of aliphatic hydroxyl groups excluding tert-OH is 5. The van der Waals surface area contributed by atoms with Crippen LogP contribution >= 0.6 is 11.6 Å². The Balaban J connectivity index is 1.06. The van der Waals surface area contributed by atoms with Crippen LogP contribution in [0.2, 0.25) is 5.02 Å². The molecular weight excluding hydrogens is 714 g/mol. The van der Waals surface area contributed by atoms with Crippen LogP contribution in [0.15, 0.2) is 84.0 Å². The first-order chi connectivity index (χ1) is 25.3. The highest BCUT2D eigenvalue weighted by atomic mass is 35.5. The van der Waals surface area contributed by atoms with Crippen LogP contribution in [0.1, 0.15) is 35.3 Å². The van der Waals surface area contributed by atoms with E-state index in [-0.39, 0.29) is 41.8 Å². The van der Waals surface area contributed by atoms with Gasteiger partial charge in [-0.05, 0) is 67.5 Å². The molecule has 3 aromatic carbocycles. The fourth-order valence-corrected chi connectivity index (χ4v) is 6.61. The summed E-state index contributed by atoms with van der Waals surface area (Å²) < 4.78 is 28.0. The number of phenolic OH excluding ortho intramolecular Hbond substituents is 1. The quantitative estimate of drug-likeness (QED) is 0.0848. The van der Waals surface area contributed by atoms with Crippen molar-refractivity contribution in [2.75, 3.05) is 13.4 Å². The molecule has 7 N–H and O–H groups in total. The van der Waals surface area contributed by atoms with Gasteiger partial charge < -0.3 is 59.6 Å². The molecule has 2 heterocycles. The Hall–Kier alpha value is -4.35. The number of fused-ring (bicyclic) bond motifs is 1. The number of nitrogens with one attached hydrogen (secondary N) is 1. The lowest BCUT2D eigenvalue weighted by atomic mass is 9.83. The first-order valence-electron chi connectivity index (χ1n) is 16.8. The van der Waals surface area contributed by atoms with Crippen molar-refractivity contribution in [3.8, 4) is 17.2 Å². The molecule has 2 saturated heterocycles. The second kappa shape index (κ2) is 16.3. The summed E-state index contributed by atoms with van der Waals surface area (Å²) in [5.74, 6) is -1.03. The van der Waals surface area contributed by atoms with Gasteiger partial charge in [0.1, 0.15) is 68.0 Å². The van der Waals surface area contributed by atoms with Crippen molar-refractivity contribution in [3.05, 3.63) is 106 Å². The van der Waals surface area contributed by atoms with Gasteiger partial charge in [-0.15, -0.1) is 0 Å². The monoisotopic (exact) mass is 753 g/mol. The summed E-state index contributed by atoms with van der Waals surface area (Å²) in [6.07, 6.45) is -8.21. The zero-order valence-electron chi connectivity index (χ0n) is 28.6. The third kappa shape index (κ3) is 8.26. The predicted octanol–water partition coefficient (Wildman–Crippen LogP) is 1.85. The summed E-state index contributed by atoms with van der Waals surface area (Å²) in [7, 11) is 0. The highest BCUT2D eigenvalue weighted by Crippen LogP contribution is 2.34. The van der Waals surface area contributed by atoms with Gasteiger partial charge in [-0.3, -0.25) is 9.59 Å². The van der Waals surface area contributed by atoms with Crippen molar-refractivity contribution in [3.63, 3.8) is 0 Å². The molecule has 282 valence electrons. The number of benzene rings is 3. The minimum absolute atomic E-state index is 0.00191. The highest BCUT2D eigenvalue weighted by molar-refractivity contribution is 6.31. The maximum absolute atomic E-state index is 13.1. The number of carbonyl (C=O) groups excluding carboxylic acids is 2. The fourth-order valence-electron chi connectivity index (χ4n) is 6.43. The van der Waals surface area contributed by atoms with Crippen LogP contribution in [-0.4, -0.2) is 117 Å². The highest BCUT2D eigenvalue weighted by Gasteiger charge is 2.53. The SMILES string of the molecule is CC(=Cc1ccc(O[C@@H]2O[C@H](C(C)=CCOc3ccc(Cl)cc3C(=O)c3ccccc3)[C@@H](O)[C@@H]2O)c(O)c1)C(=O)N[C@@H]1[C@H](O)[C@@H](O)[C@H]2OCO[C@H]2[C@@H]1O. The van der Waals surface area contributed by atoms with E-state index in [0.717, 1.165) is 0 Å². The van der Waals surface area contributed by atoms with E-state index >= 15 is 0 Å². The van der Waals surface area contributed by atoms with Crippen LogP contribution in [0, 0.1) is 0 Å². The maximum Gasteiger partial charge on any atom is 0.247 e. The number of amides is 1. The molecule has 2 aliphatic heterocycles. The minimum atomic E-state index is -1.51. The number of ketones is 1. The molecule has 1 aliphatic carbocycles. The summed E-state index contributed by atoms with van der Waals surface area (Å²) in [5, 5.41) is 66.6. The van der Waals surface area contributed by atoms with E-state index in [1.807, 2.05) is 0 Å². The molecule has 0 unspecified atom stereocenters. The summed E-state index contributed by atoms with van der Waals surface area (Å²) in [6.45, 7) is 2.99. The summed E-state index contributed by atoms with van der Waals surface area (Å²) >= 11 is 6.16. The number of halogens is 1. The Morgan fingerprint density at radius 3 is 2.28 bits per heavy atom. The first kappa shape index (κ1) is 38.4. The fraction of sp³-hybridized carbons (Fsp3) is 0.368. The van der Waals surface area contributed by atoms with Crippen LogP contribution in [0.3, 0.4) is 0 Å². The average Bonchev–Trinajstić information content (AvgIpc) is 3.75. The lowest BCUT2D eigenvalue weighted by Gasteiger charge is -2.41. The van der Waals surface area contributed by atoms with Gasteiger partial charge >= 0.3 is 0 Å². The molecule has 10 atom stereocenters. The Kier molecular flexibility index (Phi) is 11.8. The largest absolute Gasteiger partial charge is 0.504 e. The molecule has 0 bridgehead atoms. The van der Waals surface area contributed by atoms with Crippen molar-refractivity contribution < 1.29 is 63.9 Å². The summed E-state index contributed by atoms with van der Waals surface area (Å²) in [4.78, 5) is 26.1. The molecule has 1 saturated carbocycles. The number of rotatable bonds is 11. The Morgan fingerprint density at radius 2 is 1.57 bits per heavy atom. The number of phenols is 1. The average molecular weight is 754 g/mol. The smallest absolute Gasteiger partial charge is 0.247 e. The molecule has 53 heavy (non-hydrogen) atoms. The van der Waals surface area contributed by atoms with E-state index in [4.69, 9.17) is 35.3 Å². The summed E-state index contributed by atoms with van der Waals surface area (Å²) in [6, 6.07) is 16.4. The van der Waals surface area contributed by atoms with Gasteiger partial charge in [0.15, 0.2) is 17.3 Å². The Bertz CT molecular complexity index is 1870. The van der Waals surface area contributed by atoms with E-state index in [1.54, 1.807) is 55.5 Å². The molecule has 0 aromatic heterocycles. The van der Waals surface area contributed by atoms with Gasteiger partial charge in [0.2, 0.25) is 12.2 Å². The van der Waals surface area contributed by atoms with Crippen molar-refractivity contribution in [2.45, 2.75) is 75.0 Å². The molecule has 1 amide bonds. The number of carbonyl (C=O) groups is 2. The molecule has 3 aromatic rings. The molecular formula is C38H40ClNO13. The lowest BCUT2D eigenvalue weighted by molar-refractivity contribution is -0.155. The number of ether oxygens (including phenoxy) is 5. The van der Waals surface area contributed by atoms with Crippen LogP contribution < -0.4 is 14.8 Å². The molecule has 14 nitrogen and oxygen atoms in total. The number of aliphatic hydroxyl groups is 5. The lowest BCUT2D eigenvalue weighted by Crippen LogP contribution is -2.67. The zero-order valence-corrected chi connectivity index (χ0v) is 29.4. The second-order valence-electron chi connectivity index (χ2n) is 13.0. The zero-order chi connectivity index (χ0) is 38.0. The molecule has 3 fully saturated rings. The van der Waals surface area contributed by atoms with Crippen molar-refractivity contribution in [2.24, 2.45) is 0 Å². The third-order valence-electron chi connectivity index (χ3n) is 9.40. The van der Waals surface area contributed by atoms with Crippen molar-refractivity contribution in [1.29, 1.82) is 0 Å². The normalized spacial score (nSPS) is 30.1. The van der Waals surface area contributed by atoms with E-state index in [1.165, 1.54) is 37.3 Å². The predicted molar refractivity (Wildman–Crippen MR) is 188 cm³/mol. The number of aromatic hydroxyl groups is 1. The van der Waals surface area contributed by atoms with Crippen LogP contribution in [0.5, 0.6) is 17.2 Å². The van der Waals surface area contributed by atoms with Crippen molar-refractivity contribution in [1.82, 2.24) is 5.32 Å². The summed E-state index contributed by atoms with van der Waals surface area (Å²) in [5.41, 5.74) is 1.80.